The monoisotopic (exact) mass is 99.0 g/mol. The van der Waals surface area contributed by atoms with E-state index in [0.717, 1.165) is 0 Å². The van der Waals surface area contributed by atoms with Crippen LogP contribution in [0.4, 0.5) is 0 Å². The first-order valence-electron chi connectivity index (χ1n) is 1.14. The summed E-state index contributed by atoms with van der Waals surface area (Å²) < 4.78 is 0. The largest absolute Gasteiger partial charge is 0.271 e. The summed E-state index contributed by atoms with van der Waals surface area (Å²) in [5, 5.41) is 1.80. The van der Waals surface area contributed by atoms with Gasteiger partial charge >= 0.3 is 0 Å². The Morgan fingerprint density at radius 3 is 2.50 bits per heavy atom. The topological polar surface area (TPSA) is 29.4 Å². The van der Waals surface area contributed by atoms with Gasteiger partial charge in [-0.25, -0.2) is 0 Å². The average molecular weight is 99.1 g/mol. The Kier molecular flexibility index (Phi) is 2.46. The molecule has 0 bridgehead atoms. The maximum Gasteiger partial charge on any atom is 0.259 e. The van der Waals surface area contributed by atoms with Crippen LogP contribution in [0.15, 0.2) is 4.99 Å². The van der Waals surface area contributed by atoms with Gasteiger partial charge in [-0.05, 0) is 12.2 Å². The van der Waals surface area contributed by atoms with Crippen LogP contribution in [0, 0.1) is 6.92 Å². The second-order valence-electron chi connectivity index (χ2n) is 0.541. The van der Waals surface area contributed by atoms with E-state index in [-0.39, 0.29) is 0 Å². The Balaban J connectivity index is 3.60. The molecule has 0 rings (SSSR count). The zero-order valence-corrected chi connectivity index (χ0v) is 3.66. The minimum atomic E-state index is -0.801. The lowest BCUT2D eigenvalue weighted by Crippen LogP contribution is -1.77. The van der Waals surface area contributed by atoms with E-state index in [1.165, 1.54) is 0 Å². The maximum atomic E-state index is 9.53. The number of isothiocyanates is 1. The van der Waals surface area contributed by atoms with Gasteiger partial charge < -0.3 is 0 Å². The molecule has 0 fully saturated rings. The van der Waals surface area contributed by atoms with Crippen LogP contribution >= 0.6 is 12.2 Å². The summed E-state index contributed by atoms with van der Waals surface area (Å²) in [6, 6.07) is 0. The Bertz CT molecular complexity index is 103. The van der Waals surface area contributed by atoms with E-state index >= 15 is 0 Å². The lowest BCUT2D eigenvalue weighted by atomic mass is 10.8. The van der Waals surface area contributed by atoms with Crippen LogP contribution in [0.3, 0.4) is 0 Å². The summed E-state index contributed by atoms with van der Waals surface area (Å²) in [5.41, 5.74) is 0. The fourth-order valence-corrected chi connectivity index (χ4v) is 0.135. The molecular formula is C3HNOS. The van der Waals surface area contributed by atoms with Crippen molar-refractivity contribution < 1.29 is 4.79 Å². The highest BCUT2D eigenvalue weighted by molar-refractivity contribution is 7.78. The van der Waals surface area contributed by atoms with E-state index in [4.69, 9.17) is 0 Å². The van der Waals surface area contributed by atoms with Gasteiger partial charge in [0, 0.05) is 0 Å². The number of aliphatic imine (C=N–C) groups is 1. The summed E-state index contributed by atoms with van der Waals surface area (Å²) in [6.07, 6.45) is 0. The number of carbonyl (C=O) groups excluding carboxylic acids is 1. The van der Waals surface area contributed by atoms with E-state index in [0.29, 0.717) is 0 Å². The fourth-order valence-electron chi connectivity index (χ4n) is 0.0450. The summed E-state index contributed by atoms with van der Waals surface area (Å²) >= 11 is 4.01. The number of nitrogens with zero attached hydrogens (tertiary/aromatic N) is 1. The average Bonchev–Trinajstić information content (AvgIpc) is 1.35. The van der Waals surface area contributed by atoms with Gasteiger partial charge in [0.1, 0.15) is 0 Å². The SMILES string of the molecule is [CH]C(=O)N=C=S. The van der Waals surface area contributed by atoms with Crippen molar-refractivity contribution in [3.8, 4) is 0 Å². The lowest BCUT2D eigenvalue weighted by Gasteiger charge is -1.62. The van der Waals surface area contributed by atoms with Gasteiger partial charge in [-0.1, -0.05) is 0 Å². The van der Waals surface area contributed by atoms with Gasteiger partial charge in [-0.2, -0.15) is 4.99 Å². The predicted molar refractivity (Wildman–Crippen MR) is 24.3 cm³/mol. The molecule has 30 valence electrons. The van der Waals surface area contributed by atoms with Crippen molar-refractivity contribution in [2.75, 3.05) is 0 Å². The van der Waals surface area contributed by atoms with E-state index in [1.807, 2.05) is 0 Å². The third-order valence-corrected chi connectivity index (χ3v) is 0.247. The summed E-state index contributed by atoms with van der Waals surface area (Å²) in [4.78, 5) is 12.4. The van der Waals surface area contributed by atoms with Crippen LogP contribution in [0.25, 0.3) is 0 Å². The Hall–Kier alpha value is -0.530. The van der Waals surface area contributed by atoms with Gasteiger partial charge in [0.25, 0.3) is 5.91 Å². The molecule has 0 aromatic carbocycles. The number of hydrogen-bond acceptors (Lipinski definition) is 2. The second-order valence-corrected chi connectivity index (χ2v) is 0.724. The van der Waals surface area contributed by atoms with Crippen LogP contribution in [-0.2, 0) is 4.79 Å². The van der Waals surface area contributed by atoms with Crippen molar-refractivity contribution in [2.24, 2.45) is 4.99 Å². The molecule has 0 aromatic heterocycles. The highest BCUT2D eigenvalue weighted by Gasteiger charge is 1.75. The Morgan fingerprint density at radius 2 is 2.50 bits per heavy atom. The molecule has 0 spiro atoms. The van der Waals surface area contributed by atoms with E-state index in [2.05, 4.69) is 24.1 Å². The van der Waals surface area contributed by atoms with Gasteiger partial charge in [-0.15, -0.1) is 0 Å². The van der Waals surface area contributed by atoms with Gasteiger partial charge in [0.2, 0.25) is 0 Å². The molecule has 0 heterocycles. The zero-order chi connectivity index (χ0) is 4.99. The van der Waals surface area contributed by atoms with Crippen molar-refractivity contribution in [3.63, 3.8) is 0 Å². The van der Waals surface area contributed by atoms with Crippen LogP contribution < -0.4 is 0 Å². The molecule has 0 N–H and O–H groups in total. The van der Waals surface area contributed by atoms with Gasteiger partial charge in [-0.3, -0.25) is 4.79 Å². The number of rotatable bonds is 0. The van der Waals surface area contributed by atoms with E-state index in [9.17, 15) is 4.79 Å². The third kappa shape index (κ3) is 3.47. The van der Waals surface area contributed by atoms with Crippen LogP contribution in [0.1, 0.15) is 0 Å². The molecule has 0 atom stereocenters. The number of carbonyl (C=O) groups is 1. The van der Waals surface area contributed by atoms with E-state index in [1.54, 1.807) is 5.16 Å². The molecule has 2 radical (unpaired) electrons. The molecular weight excluding hydrogens is 98.1 g/mol. The van der Waals surface area contributed by atoms with Crippen LogP contribution in [0.2, 0.25) is 0 Å². The smallest absolute Gasteiger partial charge is 0.259 e. The molecule has 0 aliphatic rings. The summed E-state index contributed by atoms with van der Waals surface area (Å²) in [7, 11) is 0. The molecule has 0 aliphatic carbocycles. The summed E-state index contributed by atoms with van der Waals surface area (Å²) in [5.74, 6) is -0.801. The molecule has 3 heteroatoms. The molecule has 0 aliphatic heterocycles. The van der Waals surface area contributed by atoms with Gasteiger partial charge in [0.15, 0.2) is 0 Å². The third-order valence-electron chi connectivity index (χ3n) is 0.156. The van der Waals surface area contributed by atoms with E-state index < -0.39 is 5.91 Å². The lowest BCUT2D eigenvalue weighted by molar-refractivity contribution is -0.113. The number of amides is 1. The van der Waals surface area contributed by atoms with Crippen LogP contribution in [-0.4, -0.2) is 11.1 Å². The van der Waals surface area contributed by atoms with Gasteiger partial charge in [0.05, 0.1) is 12.1 Å². The standard InChI is InChI=1S/C3HNOS/c1-3(5)4-2-6/h1H. The zero-order valence-electron chi connectivity index (χ0n) is 2.84. The minimum absolute atomic E-state index is 0.801. The number of hydrogen-bond donors (Lipinski definition) is 0. The van der Waals surface area contributed by atoms with Crippen LogP contribution in [0.5, 0.6) is 0 Å². The fraction of sp³-hybridized carbons (Fsp3) is 0. The molecule has 6 heavy (non-hydrogen) atoms. The highest BCUT2D eigenvalue weighted by atomic mass is 32.1. The quantitative estimate of drug-likeness (QED) is 0.323. The minimum Gasteiger partial charge on any atom is -0.271 e. The second kappa shape index (κ2) is 2.69. The first-order valence-corrected chi connectivity index (χ1v) is 1.55. The Morgan fingerprint density at radius 1 is 2.00 bits per heavy atom. The first-order chi connectivity index (χ1) is 2.77. The first kappa shape index (κ1) is 5.47. The molecule has 0 aromatic rings. The van der Waals surface area contributed by atoms with Crippen molar-refractivity contribution >= 4 is 23.3 Å². The summed E-state index contributed by atoms with van der Waals surface area (Å²) in [6.45, 7) is 4.47. The highest BCUT2D eigenvalue weighted by Crippen LogP contribution is 1.61. The predicted octanol–water partition coefficient (Wildman–Crippen LogP) is 0.327. The molecule has 1 amide bonds. The van der Waals surface area contributed by atoms with Crippen molar-refractivity contribution in [1.29, 1.82) is 0 Å². The molecule has 0 saturated carbocycles. The van der Waals surface area contributed by atoms with Crippen molar-refractivity contribution in [3.05, 3.63) is 6.92 Å². The Labute approximate surface area is 40.9 Å². The van der Waals surface area contributed by atoms with Crippen molar-refractivity contribution in [2.45, 2.75) is 0 Å². The van der Waals surface area contributed by atoms with Crippen molar-refractivity contribution in [1.82, 2.24) is 0 Å². The number of thiocarbonyl (C=S) groups is 1. The normalized spacial score (nSPS) is 6.17. The maximum absolute atomic E-state index is 9.53. The molecule has 0 unspecified atom stereocenters. The molecule has 2 nitrogen and oxygen atoms in total. The molecule has 0 saturated heterocycles.